The molecule has 0 unspecified atom stereocenters. The van der Waals surface area contributed by atoms with E-state index in [0.717, 1.165) is 19.4 Å². The molecular weight excluding hydrogens is 238 g/mol. The second-order valence-corrected chi connectivity index (χ2v) is 5.31. The van der Waals surface area contributed by atoms with Crippen LogP contribution < -0.4 is 5.32 Å². The standard InChI is InChI=1S/C16H29NO2/c1-2-10-15-11-8-6-4-3-5-7-9-12-16(18)19-14-13-17-15/h3,5,15,17H,2,4,6-14H2,1H3/b5-3-/t15-/m0/s1. The van der Waals surface area contributed by atoms with E-state index >= 15 is 0 Å². The monoisotopic (exact) mass is 267 g/mol. The minimum absolute atomic E-state index is 0.0582. The lowest BCUT2D eigenvalue weighted by Gasteiger charge is -2.17. The largest absolute Gasteiger partial charge is 0.464 e. The van der Waals surface area contributed by atoms with Crippen LogP contribution in [0.2, 0.25) is 0 Å². The maximum Gasteiger partial charge on any atom is 0.305 e. The molecule has 0 aromatic carbocycles. The number of allylic oxidation sites excluding steroid dienone is 2. The Balaban J connectivity index is 2.35. The highest BCUT2D eigenvalue weighted by molar-refractivity contribution is 5.69. The first-order valence-corrected chi connectivity index (χ1v) is 7.87. The lowest BCUT2D eigenvalue weighted by molar-refractivity contribution is -0.143. The molecule has 0 saturated heterocycles. The van der Waals surface area contributed by atoms with E-state index < -0.39 is 0 Å². The van der Waals surface area contributed by atoms with E-state index in [0.29, 0.717) is 19.1 Å². The summed E-state index contributed by atoms with van der Waals surface area (Å²) >= 11 is 0. The van der Waals surface area contributed by atoms with Gasteiger partial charge in [0.05, 0.1) is 0 Å². The van der Waals surface area contributed by atoms with Crippen molar-refractivity contribution in [3.63, 3.8) is 0 Å². The predicted octanol–water partition coefficient (Wildman–Crippen LogP) is 3.59. The molecule has 1 aliphatic rings. The number of cyclic esters (lactones) is 1. The van der Waals surface area contributed by atoms with E-state index in [1.807, 2.05) is 0 Å². The van der Waals surface area contributed by atoms with Gasteiger partial charge in [-0.05, 0) is 38.5 Å². The zero-order valence-corrected chi connectivity index (χ0v) is 12.3. The number of rotatable bonds is 2. The third-order valence-electron chi connectivity index (χ3n) is 3.53. The Hall–Kier alpha value is -0.830. The predicted molar refractivity (Wildman–Crippen MR) is 79.1 cm³/mol. The lowest BCUT2D eigenvalue weighted by Crippen LogP contribution is -2.32. The lowest BCUT2D eigenvalue weighted by atomic mass is 10.0. The Labute approximate surface area is 117 Å². The third-order valence-corrected chi connectivity index (χ3v) is 3.53. The van der Waals surface area contributed by atoms with Crippen LogP contribution >= 0.6 is 0 Å². The van der Waals surface area contributed by atoms with Crippen molar-refractivity contribution in [2.75, 3.05) is 13.2 Å². The number of carbonyl (C=O) groups excluding carboxylic acids is 1. The van der Waals surface area contributed by atoms with E-state index in [4.69, 9.17) is 4.74 Å². The molecule has 3 nitrogen and oxygen atoms in total. The number of hydrogen-bond donors (Lipinski definition) is 1. The molecule has 3 heteroatoms. The molecule has 0 bridgehead atoms. The average molecular weight is 267 g/mol. The number of hydrogen-bond acceptors (Lipinski definition) is 3. The number of esters is 1. The van der Waals surface area contributed by atoms with Gasteiger partial charge >= 0.3 is 5.97 Å². The summed E-state index contributed by atoms with van der Waals surface area (Å²) in [5, 5.41) is 3.52. The maximum atomic E-state index is 11.5. The van der Waals surface area contributed by atoms with E-state index in [2.05, 4.69) is 24.4 Å². The van der Waals surface area contributed by atoms with Gasteiger partial charge in [-0.25, -0.2) is 0 Å². The van der Waals surface area contributed by atoms with Crippen molar-refractivity contribution in [2.24, 2.45) is 0 Å². The highest BCUT2D eigenvalue weighted by Gasteiger charge is 2.07. The van der Waals surface area contributed by atoms with E-state index in [9.17, 15) is 4.79 Å². The van der Waals surface area contributed by atoms with E-state index in [1.165, 1.54) is 38.5 Å². The van der Waals surface area contributed by atoms with Crippen molar-refractivity contribution in [1.82, 2.24) is 5.32 Å². The average Bonchev–Trinajstić information content (AvgIpc) is 2.41. The SMILES string of the molecule is CCC[C@H]1CCCC/C=C\CCCC(=O)OCCN1. The first-order valence-electron chi connectivity index (χ1n) is 7.87. The molecule has 1 atom stereocenters. The summed E-state index contributed by atoms with van der Waals surface area (Å²) in [4.78, 5) is 11.5. The highest BCUT2D eigenvalue weighted by atomic mass is 16.5. The normalized spacial score (nSPS) is 25.9. The van der Waals surface area contributed by atoms with Crippen molar-refractivity contribution in [3.8, 4) is 0 Å². The minimum Gasteiger partial charge on any atom is -0.464 e. The molecule has 1 aliphatic heterocycles. The Morgan fingerprint density at radius 2 is 2.05 bits per heavy atom. The second-order valence-electron chi connectivity index (χ2n) is 5.31. The zero-order chi connectivity index (χ0) is 13.8. The molecule has 0 fully saturated rings. The Kier molecular flexibility index (Phi) is 9.42. The summed E-state index contributed by atoms with van der Waals surface area (Å²) in [6.07, 6.45) is 14.3. The van der Waals surface area contributed by atoms with Gasteiger partial charge in [-0.2, -0.15) is 0 Å². The van der Waals surface area contributed by atoms with Crippen molar-refractivity contribution >= 4 is 5.97 Å². The maximum absolute atomic E-state index is 11.5. The van der Waals surface area contributed by atoms with Crippen LogP contribution in [0, 0.1) is 0 Å². The third kappa shape index (κ3) is 8.82. The van der Waals surface area contributed by atoms with Gasteiger partial charge in [0.1, 0.15) is 6.61 Å². The van der Waals surface area contributed by atoms with Crippen LogP contribution in [0.5, 0.6) is 0 Å². The molecule has 0 radical (unpaired) electrons. The molecule has 1 N–H and O–H groups in total. The molecule has 0 aromatic rings. The molecule has 1 rings (SSSR count). The van der Waals surface area contributed by atoms with Crippen LogP contribution in [-0.2, 0) is 9.53 Å². The fourth-order valence-electron chi connectivity index (χ4n) is 2.45. The molecular formula is C16H29NO2. The summed E-state index contributed by atoms with van der Waals surface area (Å²) in [6, 6.07) is 0.581. The minimum atomic E-state index is -0.0582. The van der Waals surface area contributed by atoms with Crippen LogP contribution in [-0.4, -0.2) is 25.2 Å². The fourth-order valence-corrected chi connectivity index (χ4v) is 2.45. The van der Waals surface area contributed by atoms with E-state index in [1.54, 1.807) is 0 Å². The number of nitrogens with one attached hydrogen (secondary N) is 1. The Morgan fingerprint density at radius 1 is 1.26 bits per heavy atom. The number of ether oxygens (including phenoxy) is 1. The van der Waals surface area contributed by atoms with Gasteiger partial charge in [0.15, 0.2) is 0 Å². The molecule has 0 aliphatic carbocycles. The summed E-state index contributed by atoms with van der Waals surface area (Å²) in [7, 11) is 0. The van der Waals surface area contributed by atoms with E-state index in [-0.39, 0.29) is 5.97 Å². The van der Waals surface area contributed by atoms with Gasteiger partial charge in [0, 0.05) is 19.0 Å². The summed E-state index contributed by atoms with van der Waals surface area (Å²) in [5.41, 5.74) is 0. The first-order chi connectivity index (χ1) is 9.33. The molecule has 0 amide bonds. The topological polar surface area (TPSA) is 38.3 Å². The summed E-state index contributed by atoms with van der Waals surface area (Å²) in [5.74, 6) is -0.0582. The molecule has 19 heavy (non-hydrogen) atoms. The van der Waals surface area contributed by atoms with Crippen LogP contribution in [0.3, 0.4) is 0 Å². The summed E-state index contributed by atoms with van der Waals surface area (Å²) < 4.78 is 5.22. The first kappa shape index (κ1) is 16.2. The molecule has 0 aromatic heterocycles. The Bertz CT molecular complexity index is 263. The molecule has 110 valence electrons. The number of carbonyl (C=O) groups is 1. The van der Waals surface area contributed by atoms with Gasteiger partial charge in [-0.15, -0.1) is 0 Å². The fraction of sp³-hybridized carbons (Fsp3) is 0.812. The zero-order valence-electron chi connectivity index (χ0n) is 12.3. The van der Waals surface area contributed by atoms with Crippen LogP contribution in [0.4, 0.5) is 0 Å². The quantitative estimate of drug-likeness (QED) is 0.614. The van der Waals surface area contributed by atoms with Gasteiger partial charge in [0.2, 0.25) is 0 Å². The highest BCUT2D eigenvalue weighted by Crippen LogP contribution is 2.10. The Morgan fingerprint density at radius 3 is 2.84 bits per heavy atom. The van der Waals surface area contributed by atoms with Crippen LogP contribution in [0.25, 0.3) is 0 Å². The van der Waals surface area contributed by atoms with Gasteiger partial charge in [0.25, 0.3) is 0 Å². The van der Waals surface area contributed by atoms with Gasteiger partial charge < -0.3 is 10.1 Å². The molecule has 0 saturated carbocycles. The molecule has 1 heterocycles. The van der Waals surface area contributed by atoms with Crippen LogP contribution in [0.15, 0.2) is 12.2 Å². The van der Waals surface area contributed by atoms with Crippen molar-refractivity contribution in [3.05, 3.63) is 12.2 Å². The van der Waals surface area contributed by atoms with Crippen molar-refractivity contribution in [2.45, 2.75) is 70.8 Å². The van der Waals surface area contributed by atoms with Gasteiger partial charge in [-0.1, -0.05) is 31.9 Å². The second kappa shape index (κ2) is 11.0. The van der Waals surface area contributed by atoms with Crippen molar-refractivity contribution in [1.29, 1.82) is 0 Å². The van der Waals surface area contributed by atoms with Gasteiger partial charge in [-0.3, -0.25) is 4.79 Å². The molecule has 0 spiro atoms. The smallest absolute Gasteiger partial charge is 0.305 e. The van der Waals surface area contributed by atoms with Crippen LogP contribution in [0.1, 0.15) is 64.7 Å². The van der Waals surface area contributed by atoms with Crippen molar-refractivity contribution < 1.29 is 9.53 Å². The summed E-state index contributed by atoms with van der Waals surface area (Å²) in [6.45, 7) is 3.52.